The topological polar surface area (TPSA) is 21.3 Å². The number of hydrogen-bond acceptors (Lipinski definition) is 2. The Morgan fingerprint density at radius 1 is 1.10 bits per heavy atom. The molecule has 1 unspecified atom stereocenters. The zero-order chi connectivity index (χ0) is 14.7. The summed E-state index contributed by atoms with van der Waals surface area (Å²) in [6.07, 6.45) is 0. The molecule has 0 aromatic heterocycles. The van der Waals surface area contributed by atoms with E-state index in [9.17, 15) is 0 Å². The Hall–Kier alpha value is -1.51. The number of nitrogens with one attached hydrogen (secondary N) is 1. The second-order valence-electron chi connectivity index (χ2n) is 4.91. The summed E-state index contributed by atoms with van der Waals surface area (Å²) in [6.45, 7) is 4.26. The van der Waals surface area contributed by atoms with Gasteiger partial charge in [0.25, 0.3) is 0 Å². The Labute approximate surface area is 125 Å². The van der Waals surface area contributed by atoms with Gasteiger partial charge in [0.1, 0.15) is 5.75 Å². The van der Waals surface area contributed by atoms with E-state index in [2.05, 4.69) is 37.4 Å². The standard InChI is InChI=1S/C17H20ClNO/c1-11-6-5-7-12(2)16(11)17(19-3)14-9-8-13(20-4)10-15(14)18/h5-10,17,19H,1-4H3. The van der Waals surface area contributed by atoms with E-state index in [1.54, 1.807) is 7.11 Å². The molecular weight excluding hydrogens is 270 g/mol. The Morgan fingerprint density at radius 2 is 1.75 bits per heavy atom. The summed E-state index contributed by atoms with van der Waals surface area (Å²) >= 11 is 6.42. The molecule has 0 radical (unpaired) electrons. The molecule has 2 rings (SSSR count). The minimum Gasteiger partial charge on any atom is -0.497 e. The van der Waals surface area contributed by atoms with Crippen molar-refractivity contribution >= 4 is 11.6 Å². The van der Waals surface area contributed by atoms with Crippen molar-refractivity contribution in [3.63, 3.8) is 0 Å². The largest absolute Gasteiger partial charge is 0.497 e. The molecule has 2 aromatic rings. The van der Waals surface area contributed by atoms with Crippen LogP contribution >= 0.6 is 11.6 Å². The van der Waals surface area contributed by atoms with Crippen LogP contribution in [0.3, 0.4) is 0 Å². The lowest BCUT2D eigenvalue weighted by molar-refractivity contribution is 0.414. The molecule has 0 fully saturated rings. The molecule has 2 aromatic carbocycles. The van der Waals surface area contributed by atoms with Crippen LogP contribution in [0.25, 0.3) is 0 Å². The first-order chi connectivity index (χ1) is 9.58. The number of rotatable bonds is 4. The van der Waals surface area contributed by atoms with E-state index in [-0.39, 0.29) is 6.04 Å². The maximum atomic E-state index is 6.42. The summed E-state index contributed by atoms with van der Waals surface area (Å²) < 4.78 is 5.21. The third kappa shape index (κ3) is 2.82. The minimum atomic E-state index is 0.0783. The number of hydrogen-bond donors (Lipinski definition) is 1. The van der Waals surface area contributed by atoms with Gasteiger partial charge in [-0.05, 0) is 55.3 Å². The predicted octanol–water partition coefficient (Wildman–Crippen LogP) is 4.27. The highest BCUT2D eigenvalue weighted by molar-refractivity contribution is 6.31. The summed E-state index contributed by atoms with van der Waals surface area (Å²) in [6, 6.07) is 12.2. The van der Waals surface area contributed by atoms with Crippen LogP contribution in [0.2, 0.25) is 5.02 Å². The van der Waals surface area contributed by atoms with Gasteiger partial charge in [-0.2, -0.15) is 0 Å². The zero-order valence-corrected chi connectivity index (χ0v) is 13.1. The summed E-state index contributed by atoms with van der Waals surface area (Å²) in [5.41, 5.74) is 4.86. The van der Waals surface area contributed by atoms with Crippen molar-refractivity contribution in [1.82, 2.24) is 5.32 Å². The molecule has 1 N–H and O–H groups in total. The molecular formula is C17H20ClNO. The van der Waals surface area contributed by atoms with Gasteiger partial charge in [0.05, 0.1) is 13.2 Å². The SMILES string of the molecule is CNC(c1ccc(OC)cc1Cl)c1c(C)cccc1C. The summed E-state index contributed by atoms with van der Waals surface area (Å²) in [4.78, 5) is 0. The van der Waals surface area contributed by atoms with Gasteiger partial charge in [0.15, 0.2) is 0 Å². The Balaban J connectivity index is 2.53. The highest BCUT2D eigenvalue weighted by Gasteiger charge is 2.19. The normalized spacial score (nSPS) is 12.2. The van der Waals surface area contributed by atoms with Gasteiger partial charge in [0, 0.05) is 5.02 Å². The van der Waals surface area contributed by atoms with Crippen molar-refractivity contribution in [3.8, 4) is 5.75 Å². The number of ether oxygens (including phenoxy) is 1. The van der Waals surface area contributed by atoms with E-state index in [0.717, 1.165) is 11.3 Å². The summed E-state index contributed by atoms with van der Waals surface area (Å²) in [7, 11) is 3.60. The highest BCUT2D eigenvalue weighted by Crippen LogP contribution is 2.33. The van der Waals surface area contributed by atoms with Gasteiger partial charge in [-0.15, -0.1) is 0 Å². The number of methoxy groups -OCH3 is 1. The maximum absolute atomic E-state index is 6.42. The molecule has 0 saturated heterocycles. The lowest BCUT2D eigenvalue weighted by atomic mass is 9.91. The third-order valence-electron chi connectivity index (χ3n) is 3.64. The van der Waals surface area contributed by atoms with E-state index in [4.69, 9.17) is 16.3 Å². The van der Waals surface area contributed by atoms with E-state index < -0.39 is 0 Å². The Bertz CT molecular complexity index is 590. The third-order valence-corrected chi connectivity index (χ3v) is 3.97. The lowest BCUT2D eigenvalue weighted by Gasteiger charge is -2.23. The summed E-state index contributed by atoms with van der Waals surface area (Å²) in [5, 5.41) is 4.08. The molecule has 2 nitrogen and oxygen atoms in total. The highest BCUT2D eigenvalue weighted by atomic mass is 35.5. The van der Waals surface area contributed by atoms with Crippen molar-refractivity contribution in [1.29, 1.82) is 0 Å². The molecule has 0 saturated carbocycles. The molecule has 0 spiro atoms. The van der Waals surface area contributed by atoms with Crippen LogP contribution in [-0.2, 0) is 0 Å². The molecule has 20 heavy (non-hydrogen) atoms. The number of benzene rings is 2. The summed E-state index contributed by atoms with van der Waals surface area (Å²) in [5.74, 6) is 0.773. The average molecular weight is 290 g/mol. The van der Waals surface area contributed by atoms with Gasteiger partial charge in [-0.25, -0.2) is 0 Å². The first kappa shape index (κ1) is 14.9. The van der Waals surface area contributed by atoms with Crippen LogP contribution in [-0.4, -0.2) is 14.2 Å². The molecule has 0 aliphatic carbocycles. The zero-order valence-electron chi connectivity index (χ0n) is 12.3. The molecule has 1 atom stereocenters. The number of halogens is 1. The van der Waals surface area contributed by atoms with Crippen molar-refractivity contribution < 1.29 is 4.74 Å². The molecule has 0 amide bonds. The lowest BCUT2D eigenvalue weighted by Crippen LogP contribution is -2.20. The van der Waals surface area contributed by atoms with Gasteiger partial charge in [-0.1, -0.05) is 35.9 Å². The van der Waals surface area contributed by atoms with Gasteiger partial charge >= 0.3 is 0 Å². The van der Waals surface area contributed by atoms with Gasteiger partial charge < -0.3 is 10.1 Å². The smallest absolute Gasteiger partial charge is 0.120 e. The first-order valence-corrected chi connectivity index (χ1v) is 7.03. The molecule has 106 valence electrons. The fraction of sp³-hybridized carbons (Fsp3) is 0.294. The van der Waals surface area contributed by atoms with Gasteiger partial charge in [-0.3, -0.25) is 0 Å². The maximum Gasteiger partial charge on any atom is 0.120 e. The first-order valence-electron chi connectivity index (χ1n) is 6.65. The molecule has 0 bridgehead atoms. The quantitative estimate of drug-likeness (QED) is 0.907. The van der Waals surface area contributed by atoms with Gasteiger partial charge in [0.2, 0.25) is 0 Å². The Kier molecular flexibility index (Phi) is 4.69. The molecule has 3 heteroatoms. The molecule has 0 heterocycles. The van der Waals surface area contributed by atoms with Crippen molar-refractivity contribution in [3.05, 3.63) is 63.7 Å². The van der Waals surface area contributed by atoms with E-state index >= 15 is 0 Å². The van der Waals surface area contributed by atoms with Crippen LogP contribution in [0.1, 0.15) is 28.3 Å². The van der Waals surface area contributed by atoms with Crippen LogP contribution < -0.4 is 10.1 Å². The van der Waals surface area contributed by atoms with Crippen molar-refractivity contribution in [2.45, 2.75) is 19.9 Å². The molecule has 0 aliphatic rings. The van der Waals surface area contributed by atoms with Crippen LogP contribution in [0.4, 0.5) is 0 Å². The van der Waals surface area contributed by atoms with Crippen molar-refractivity contribution in [2.24, 2.45) is 0 Å². The van der Waals surface area contributed by atoms with Crippen molar-refractivity contribution in [2.75, 3.05) is 14.2 Å². The second-order valence-corrected chi connectivity index (χ2v) is 5.32. The van der Waals surface area contributed by atoms with Crippen LogP contribution in [0.5, 0.6) is 5.75 Å². The fourth-order valence-electron chi connectivity index (χ4n) is 2.61. The monoisotopic (exact) mass is 289 g/mol. The number of aryl methyl sites for hydroxylation is 2. The average Bonchev–Trinajstić information content (AvgIpc) is 2.43. The van der Waals surface area contributed by atoms with Crippen LogP contribution in [0.15, 0.2) is 36.4 Å². The Morgan fingerprint density at radius 3 is 2.25 bits per heavy atom. The second kappa shape index (κ2) is 6.29. The van der Waals surface area contributed by atoms with Crippen LogP contribution in [0, 0.1) is 13.8 Å². The predicted molar refractivity (Wildman–Crippen MR) is 84.8 cm³/mol. The van der Waals surface area contributed by atoms with E-state index in [1.165, 1.54) is 16.7 Å². The van der Waals surface area contributed by atoms with E-state index in [1.807, 2.05) is 25.2 Å². The molecule has 0 aliphatic heterocycles. The minimum absolute atomic E-state index is 0.0783. The fourth-order valence-corrected chi connectivity index (χ4v) is 2.89. The van der Waals surface area contributed by atoms with E-state index in [0.29, 0.717) is 5.02 Å².